The molecule has 0 radical (unpaired) electrons. The molecule has 0 spiro atoms. The maximum Gasteiger partial charge on any atom is 0.234 e. The van der Waals surface area contributed by atoms with Crippen LogP contribution in [0.3, 0.4) is 0 Å². The van der Waals surface area contributed by atoms with Crippen LogP contribution < -0.4 is 4.74 Å². The van der Waals surface area contributed by atoms with Gasteiger partial charge in [-0.3, -0.25) is 24.1 Å². The molecule has 6 unspecified atom stereocenters. The minimum absolute atomic E-state index is 0.0354. The standard InChI is InChI=1S/C39H37NO6/c1-38(2,3)40-36(44)26-17-16-25-28(33(26)37(40)45)20-30-35(43)27(22-11-7-5-8-12-22)21-32(42)39(30,23-13-9-6-10-14-23)34(25)29-19-24(46-4)15-18-31(29)41/h5-16,18-19,21,26,28,30,33-34,41H,17,20H2,1-4H3. The molecule has 7 heteroatoms. The molecule has 46 heavy (non-hydrogen) atoms. The van der Waals surface area contributed by atoms with E-state index in [9.17, 15) is 19.5 Å². The average Bonchev–Trinajstić information content (AvgIpc) is 3.32. The van der Waals surface area contributed by atoms with Crippen LogP contribution in [0.4, 0.5) is 0 Å². The fourth-order valence-corrected chi connectivity index (χ4v) is 8.77. The van der Waals surface area contributed by atoms with Crippen molar-refractivity contribution in [1.82, 2.24) is 4.90 Å². The van der Waals surface area contributed by atoms with Crippen LogP contribution in [0.2, 0.25) is 0 Å². The summed E-state index contributed by atoms with van der Waals surface area (Å²) in [7, 11) is 1.54. The topological polar surface area (TPSA) is 101 Å². The number of carbonyl (C=O) groups is 4. The lowest BCUT2D eigenvalue weighted by atomic mass is 9.44. The van der Waals surface area contributed by atoms with Gasteiger partial charge in [0.05, 0.1) is 24.4 Å². The first-order chi connectivity index (χ1) is 22.0. The molecule has 4 aliphatic rings. The minimum Gasteiger partial charge on any atom is -0.508 e. The van der Waals surface area contributed by atoms with Gasteiger partial charge in [-0.2, -0.15) is 0 Å². The number of ketones is 2. The number of fused-ring (bicyclic) bond motifs is 4. The number of hydrogen-bond donors (Lipinski definition) is 1. The summed E-state index contributed by atoms with van der Waals surface area (Å²) in [6.45, 7) is 5.56. The molecule has 1 saturated carbocycles. The molecule has 234 valence electrons. The summed E-state index contributed by atoms with van der Waals surface area (Å²) in [5, 5.41) is 11.5. The van der Waals surface area contributed by atoms with Crippen LogP contribution in [-0.4, -0.2) is 46.0 Å². The van der Waals surface area contributed by atoms with Gasteiger partial charge >= 0.3 is 0 Å². The van der Waals surface area contributed by atoms with Gasteiger partial charge in [0.15, 0.2) is 11.6 Å². The molecule has 2 amide bonds. The smallest absolute Gasteiger partial charge is 0.234 e. The molecule has 3 aromatic carbocycles. The van der Waals surface area contributed by atoms with Gasteiger partial charge in [-0.25, -0.2) is 0 Å². The monoisotopic (exact) mass is 615 g/mol. The largest absolute Gasteiger partial charge is 0.508 e. The van der Waals surface area contributed by atoms with Gasteiger partial charge in [0.25, 0.3) is 0 Å². The number of benzene rings is 3. The van der Waals surface area contributed by atoms with Gasteiger partial charge in [-0.1, -0.05) is 72.3 Å². The molecule has 0 aromatic heterocycles. The van der Waals surface area contributed by atoms with E-state index in [1.807, 2.05) is 87.5 Å². The number of phenols is 1. The highest BCUT2D eigenvalue weighted by Crippen LogP contribution is 2.64. The summed E-state index contributed by atoms with van der Waals surface area (Å²) in [6.07, 6.45) is 4.03. The highest BCUT2D eigenvalue weighted by Gasteiger charge is 2.66. The normalized spacial score (nSPS) is 29.0. The molecule has 3 aliphatic carbocycles. The molecule has 2 fully saturated rings. The second kappa shape index (κ2) is 10.6. The zero-order chi connectivity index (χ0) is 32.5. The zero-order valence-corrected chi connectivity index (χ0v) is 26.4. The number of allylic oxidation sites excluding steroid dienone is 4. The highest BCUT2D eigenvalue weighted by molar-refractivity contribution is 6.31. The van der Waals surface area contributed by atoms with Gasteiger partial charge in [0.1, 0.15) is 11.5 Å². The highest BCUT2D eigenvalue weighted by atomic mass is 16.5. The average molecular weight is 616 g/mol. The van der Waals surface area contributed by atoms with Gasteiger partial charge in [-0.15, -0.1) is 0 Å². The van der Waals surface area contributed by atoms with E-state index in [1.54, 1.807) is 18.2 Å². The first-order valence-electron chi connectivity index (χ1n) is 15.9. The first-order valence-corrected chi connectivity index (χ1v) is 15.9. The number of Topliss-reactive ketones (excluding diaryl/α,β-unsaturated/α-hetero) is 1. The van der Waals surface area contributed by atoms with Crippen molar-refractivity contribution < 1.29 is 29.0 Å². The lowest BCUT2D eigenvalue weighted by Gasteiger charge is -2.55. The lowest BCUT2D eigenvalue weighted by Crippen LogP contribution is -2.59. The van der Waals surface area contributed by atoms with Gasteiger partial charge in [-0.05, 0) is 74.9 Å². The molecule has 7 nitrogen and oxygen atoms in total. The number of hydrogen-bond acceptors (Lipinski definition) is 6. The molecule has 1 heterocycles. The van der Waals surface area contributed by atoms with Crippen LogP contribution in [0.25, 0.3) is 5.57 Å². The van der Waals surface area contributed by atoms with E-state index in [0.29, 0.717) is 34.4 Å². The van der Waals surface area contributed by atoms with Gasteiger partial charge in [0, 0.05) is 28.5 Å². The number of imide groups is 1. The molecule has 3 aromatic rings. The maximum absolute atomic E-state index is 15.0. The number of carbonyl (C=O) groups excluding carboxylic acids is 4. The Morgan fingerprint density at radius 1 is 0.870 bits per heavy atom. The van der Waals surface area contributed by atoms with E-state index < -0.39 is 40.5 Å². The Morgan fingerprint density at radius 3 is 2.20 bits per heavy atom. The number of methoxy groups -OCH3 is 1. The van der Waals surface area contributed by atoms with Crippen LogP contribution in [0.15, 0.2) is 96.6 Å². The summed E-state index contributed by atoms with van der Waals surface area (Å²) in [5.74, 6) is -3.80. The number of ether oxygens (including phenoxy) is 1. The Hall–Kier alpha value is -4.78. The number of rotatable bonds is 4. The Kier molecular flexibility index (Phi) is 6.92. The van der Waals surface area contributed by atoms with E-state index in [1.165, 1.54) is 18.1 Å². The van der Waals surface area contributed by atoms with Crippen molar-refractivity contribution in [2.75, 3.05) is 7.11 Å². The second-order valence-electron chi connectivity index (χ2n) is 13.9. The summed E-state index contributed by atoms with van der Waals surface area (Å²) in [4.78, 5) is 59.4. The van der Waals surface area contributed by atoms with Crippen molar-refractivity contribution in [1.29, 1.82) is 0 Å². The summed E-state index contributed by atoms with van der Waals surface area (Å²) < 4.78 is 5.59. The molecule has 1 aliphatic heterocycles. The number of aromatic hydroxyl groups is 1. The molecular weight excluding hydrogens is 578 g/mol. The summed E-state index contributed by atoms with van der Waals surface area (Å²) in [5.41, 5.74) is 0.784. The maximum atomic E-state index is 15.0. The van der Waals surface area contributed by atoms with E-state index in [0.717, 1.165) is 5.57 Å². The number of phenolic OH excluding ortho intramolecular Hbond substituents is 1. The zero-order valence-electron chi connectivity index (χ0n) is 26.4. The van der Waals surface area contributed by atoms with Crippen molar-refractivity contribution in [3.8, 4) is 11.5 Å². The van der Waals surface area contributed by atoms with E-state index in [2.05, 4.69) is 0 Å². The molecule has 0 bridgehead atoms. The minimum atomic E-state index is -1.41. The third kappa shape index (κ3) is 4.17. The van der Waals surface area contributed by atoms with E-state index in [-0.39, 0.29) is 35.6 Å². The SMILES string of the molecule is COc1ccc(O)c(C2C3=CCC4C(=O)N(C(C)(C)C)C(=O)C4C3CC3C(=O)C(c4ccccc4)=CC(=O)C32c2ccccc2)c1. The third-order valence-corrected chi connectivity index (χ3v) is 10.6. The van der Waals surface area contributed by atoms with Crippen molar-refractivity contribution in [3.05, 3.63) is 113 Å². The van der Waals surface area contributed by atoms with Crippen molar-refractivity contribution in [2.45, 2.75) is 50.5 Å². The molecule has 1 N–H and O–H groups in total. The predicted molar refractivity (Wildman–Crippen MR) is 173 cm³/mol. The summed E-state index contributed by atoms with van der Waals surface area (Å²) >= 11 is 0. The predicted octanol–water partition coefficient (Wildman–Crippen LogP) is 6.02. The summed E-state index contributed by atoms with van der Waals surface area (Å²) in [6, 6.07) is 23.4. The van der Waals surface area contributed by atoms with Gasteiger partial charge in [0.2, 0.25) is 11.8 Å². The van der Waals surface area contributed by atoms with Crippen LogP contribution in [-0.2, 0) is 24.6 Å². The van der Waals surface area contributed by atoms with E-state index in [4.69, 9.17) is 4.74 Å². The third-order valence-electron chi connectivity index (χ3n) is 10.6. The number of nitrogens with zero attached hydrogens (tertiary/aromatic N) is 1. The van der Waals surface area contributed by atoms with Crippen LogP contribution in [0, 0.1) is 23.7 Å². The van der Waals surface area contributed by atoms with E-state index >= 15 is 4.79 Å². The Bertz CT molecular complexity index is 1830. The van der Waals surface area contributed by atoms with Crippen molar-refractivity contribution in [3.63, 3.8) is 0 Å². The molecule has 7 rings (SSSR count). The fourth-order valence-electron chi connectivity index (χ4n) is 8.77. The Labute approximate surface area is 268 Å². The van der Waals surface area contributed by atoms with Crippen LogP contribution in [0.5, 0.6) is 11.5 Å². The quantitative estimate of drug-likeness (QED) is 0.285. The first kappa shape index (κ1) is 29.9. The molecular formula is C39H37NO6. The van der Waals surface area contributed by atoms with Crippen LogP contribution in [0.1, 0.15) is 56.2 Å². The number of likely N-dealkylation sites (tertiary alicyclic amines) is 1. The van der Waals surface area contributed by atoms with Crippen molar-refractivity contribution >= 4 is 29.0 Å². The number of amides is 2. The Balaban J connectivity index is 1.52. The van der Waals surface area contributed by atoms with Gasteiger partial charge < -0.3 is 9.84 Å². The lowest BCUT2D eigenvalue weighted by molar-refractivity contribution is -0.145. The Morgan fingerprint density at radius 2 is 1.54 bits per heavy atom. The second-order valence-corrected chi connectivity index (χ2v) is 13.9. The molecule has 6 atom stereocenters. The van der Waals surface area contributed by atoms with Crippen LogP contribution >= 0.6 is 0 Å². The van der Waals surface area contributed by atoms with Crippen molar-refractivity contribution in [2.24, 2.45) is 23.7 Å². The molecule has 1 saturated heterocycles. The fraction of sp³-hybridized carbons (Fsp3) is 0.333.